The lowest BCUT2D eigenvalue weighted by Gasteiger charge is -2.43. The van der Waals surface area contributed by atoms with Gasteiger partial charge in [-0.15, -0.1) is 0 Å². The zero-order chi connectivity index (χ0) is 13.5. The molecule has 4 nitrogen and oxygen atoms in total. The molecule has 0 radical (unpaired) electrons. The van der Waals surface area contributed by atoms with Gasteiger partial charge in [-0.05, 0) is 56.1 Å². The van der Waals surface area contributed by atoms with Gasteiger partial charge in [-0.1, -0.05) is 15.9 Å². The van der Waals surface area contributed by atoms with Crippen LogP contribution in [0.4, 0.5) is 0 Å². The van der Waals surface area contributed by atoms with Gasteiger partial charge >= 0.3 is 0 Å². The second-order valence-electron chi connectivity index (χ2n) is 5.18. The van der Waals surface area contributed by atoms with Crippen molar-refractivity contribution in [3.8, 4) is 0 Å². The van der Waals surface area contributed by atoms with Gasteiger partial charge in [-0.2, -0.15) is 8.42 Å². The minimum Gasteiger partial charge on any atom is -0.301 e. The van der Waals surface area contributed by atoms with Crippen LogP contribution in [0.25, 0.3) is 0 Å². The monoisotopic (exact) mass is 345 g/mol. The molecule has 0 unspecified atom stereocenters. The molecule has 3 aliphatic heterocycles. The molecule has 0 amide bonds. The summed E-state index contributed by atoms with van der Waals surface area (Å²) in [5, 5.41) is 0. The van der Waals surface area contributed by atoms with Crippen molar-refractivity contribution in [1.82, 2.24) is 4.90 Å². The summed E-state index contributed by atoms with van der Waals surface area (Å²) in [5.74, 6) is 0.384. The van der Waals surface area contributed by atoms with E-state index in [0.717, 1.165) is 36.9 Å². The number of fused-ring (bicyclic) bond motifs is 3. The second kappa shape index (κ2) is 5.16. The van der Waals surface area contributed by atoms with Crippen LogP contribution in [0.15, 0.2) is 33.6 Å². The molecule has 3 fully saturated rings. The van der Waals surface area contributed by atoms with E-state index in [9.17, 15) is 8.42 Å². The largest absolute Gasteiger partial charge is 0.301 e. The summed E-state index contributed by atoms with van der Waals surface area (Å²) >= 11 is 3.29. The Morgan fingerprint density at radius 3 is 2.32 bits per heavy atom. The molecule has 3 aliphatic rings. The third kappa shape index (κ3) is 2.86. The Labute approximate surface area is 122 Å². The highest BCUT2D eigenvalue weighted by Crippen LogP contribution is 2.31. The fourth-order valence-electron chi connectivity index (χ4n) is 2.84. The number of rotatable bonds is 3. The highest BCUT2D eigenvalue weighted by Gasteiger charge is 2.37. The Balaban J connectivity index is 1.76. The quantitative estimate of drug-likeness (QED) is 0.788. The normalized spacial score (nSPS) is 30.5. The maximum Gasteiger partial charge on any atom is 0.297 e. The zero-order valence-electron chi connectivity index (χ0n) is 10.5. The molecular formula is C13H16BrNO3S. The van der Waals surface area contributed by atoms with E-state index in [0.29, 0.717) is 5.92 Å². The molecule has 3 saturated heterocycles. The summed E-state index contributed by atoms with van der Waals surface area (Å²) in [4.78, 5) is 2.51. The lowest BCUT2D eigenvalue weighted by molar-refractivity contribution is -0.00428. The number of piperidine rings is 3. The van der Waals surface area contributed by atoms with Crippen LogP contribution in [0, 0.1) is 5.92 Å². The van der Waals surface area contributed by atoms with Crippen LogP contribution in [0.1, 0.15) is 12.8 Å². The predicted molar refractivity (Wildman–Crippen MR) is 75.4 cm³/mol. The van der Waals surface area contributed by atoms with Gasteiger partial charge in [0.2, 0.25) is 0 Å². The average Bonchev–Trinajstić information content (AvgIpc) is 2.40. The van der Waals surface area contributed by atoms with E-state index < -0.39 is 10.1 Å². The van der Waals surface area contributed by atoms with Crippen LogP contribution in [-0.4, -0.2) is 39.1 Å². The van der Waals surface area contributed by atoms with E-state index in [-0.39, 0.29) is 11.0 Å². The van der Waals surface area contributed by atoms with E-state index in [4.69, 9.17) is 4.18 Å². The van der Waals surface area contributed by atoms with Gasteiger partial charge in [0.25, 0.3) is 10.1 Å². The third-order valence-corrected chi connectivity index (χ3v) is 5.83. The van der Waals surface area contributed by atoms with Gasteiger partial charge in [0, 0.05) is 11.0 Å². The van der Waals surface area contributed by atoms with Crippen molar-refractivity contribution >= 4 is 26.0 Å². The maximum absolute atomic E-state index is 12.2. The van der Waals surface area contributed by atoms with Crippen LogP contribution in [-0.2, 0) is 14.3 Å². The zero-order valence-corrected chi connectivity index (χ0v) is 12.9. The molecule has 4 rings (SSSR count). The molecule has 0 N–H and O–H groups in total. The summed E-state index contributed by atoms with van der Waals surface area (Å²) in [7, 11) is -3.65. The number of benzene rings is 1. The summed E-state index contributed by atoms with van der Waals surface area (Å²) in [6, 6.07) is 6.57. The number of nitrogens with zero attached hydrogens (tertiary/aromatic N) is 1. The first-order valence-electron chi connectivity index (χ1n) is 6.46. The molecule has 3 heterocycles. The molecule has 0 saturated carbocycles. The van der Waals surface area contributed by atoms with Gasteiger partial charge in [-0.25, -0.2) is 0 Å². The highest BCUT2D eigenvalue weighted by atomic mass is 79.9. The Morgan fingerprint density at radius 1 is 1.16 bits per heavy atom. The molecule has 6 heteroatoms. The van der Waals surface area contributed by atoms with Gasteiger partial charge in [0.15, 0.2) is 0 Å². The lowest BCUT2D eigenvalue weighted by Crippen LogP contribution is -2.51. The Kier molecular flexibility index (Phi) is 3.68. The predicted octanol–water partition coefficient (Wildman–Crippen LogP) is 2.25. The van der Waals surface area contributed by atoms with Crippen molar-refractivity contribution in [2.24, 2.45) is 5.92 Å². The Bertz CT molecular complexity index is 550. The first-order chi connectivity index (χ1) is 9.04. The van der Waals surface area contributed by atoms with E-state index >= 15 is 0 Å². The SMILES string of the molecule is O=S(=O)(O[C@H]1CN2CCC1CC2)c1ccc(Br)cc1. The summed E-state index contributed by atoms with van der Waals surface area (Å²) in [6.07, 6.45) is 1.90. The average molecular weight is 346 g/mol. The number of hydrogen-bond acceptors (Lipinski definition) is 4. The van der Waals surface area contributed by atoms with Gasteiger partial charge in [-0.3, -0.25) is 4.18 Å². The molecule has 104 valence electrons. The van der Waals surface area contributed by atoms with Crippen molar-refractivity contribution in [3.05, 3.63) is 28.7 Å². The Morgan fingerprint density at radius 2 is 1.79 bits per heavy atom. The number of hydrogen-bond donors (Lipinski definition) is 0. The Hall–Kier alpha value is -0.430. The van der Waals surface area contributed by atoms with E-state index in [1.807, 2.05) is 0 Å². The van der Waals surface area contributed by atoms with Crippen molar-refractivity contribution in [2.75, 3.05) is 19.6 Å². The molecule has 1 aromatic carbocycles. The minimum absolute atomic E-state index is 0.184. The second-order valence-corrected chi connectivity index (χ2v) is 7.67. The van der Waals surface area contributed by atoms with Gasteiger partial charge in [0.05, 0.1) is 11.0 Å². The fourth-order valence-corrected chi connectivity index (χ4v) is 4.23. The van der Waals surface area contributed by atoms with Crippen LogP contribution >= 0.6 is 15.9 Å². The van der Waals surface area contributed by atoms with Crippen molar-refractivity contribution < 1.29 is 12.6 Å². The highest BCUT2D eigenvalue weighted by molar-refractivity contribution is 9.10. The molecule has 2 bridgehead atoms. The molecule has 1 aromatic rings. The van der Waals surface area contributed by atoms with Crippen molar-refractivity contribution in [2.45, 2.75) is 23.8 Å². The molecule has 19 heavy (non-hydrogen) atoms. The molecule has 0 spiro atoms. The fraction of sp³-hybridized carbons (Fsp3) is 0.538. The summed E-state index contributed by atoms with van der Waals surface area (Å²) in [5.41, 5.74) is 0. The minimum atomic E-state index is -3.65. The van der Waals surface area contributed by atoms with Crippen LogP contribution < -0.4 is 0 Å². The van der Waals surface area contributed by atoms with Crippen LogP contribution in [0.5, 0.6) is 0 Å². The van der Waals surface area contributed by atoms with E-state index in [1.54, 1.807) is 24.3 Å². The van der Waals surface area contributed by atoms with Crippen molar-refractivity contribution in [1.29, 1.82) is 0 Å². The first-order valence-corrected chi connectivity index (χ1v) is 8.66. The molecule has 0 aliphatic carbocycles. The standard InChI is InChI=1S/C13H16BrNO3S/c14-11-1-3-12(4-2-11)19(16,17)18-13-9-15-7-5-10(13)6-8-15/h1-4,10,13H,5-9H2/t13-/m0/s1. The first kappa shape index (κ1) is 13.5. The van der Waals surface area contributed by atoms with E-state index in [1.165, 1.54) is 0 Å². The molecule has 1 atom stereocenters. The molecular weight excluding hydrogens is 330 g/mol. The summed E-state index contributed by atoms with van der Waals surface area (Å²) < 4.78 is 30.8. The van der Waals surface area contributed by atoms with Crippen LogP contribution in [0.3, 0.4) is 0 Å². The van der Waals surface area contributed by atoms with E-state index in [2.05, 4.69) is 20.8 Å². The lowest BCUT2D eigenvalue weighted by atomic mass is 9.86. The smallest absolute Gasteiger partial charge is 0.297 e. The van der Waals surface area contributed by atoms with Gasteiger partial charge < -0.3 is 4.90 Å². The topological polar surface area (TPSA) is 46.6 Å². The van der Waals surface area contributed by atoms with Gasteiger partial charge in [0.1, 0.15) is 0 Å². The van der Waals surface area contributed by atoms with Crippen molar-refractivity contribution in [3.63, 3.8) is 0 Å². The van der Waals surface area contributed by atoms with Crippen LogP contribution in [0.2, 0.25) is 0 Å². The maximum atomic E-state index is 12.2. The summed E-state index contributed by atoms with van der Waals surface area (Å²) in [6.45, 7) is 2.88. The molecule has 0 aromatic heterocycles. The number of halogens is 1. The third-order valence-electron chi connectivity index (χ3n) is 3.95.